The number of nitrogens with one attached hydrogen (secondary N) is 1. The Morgan fingerprint density at radius 3 is 2.35 bits per heavy atom. The Morgan fingerprint density at radius 2 is 1.78 bits per heavy atom. The van der Waals surface area contributed by atoms with E-state index in [1.165, 1.54) is 31.4 Å². The second-order valence-electron chi connectivity index (χ2n) is 7.63. The maximum Gasteiger partial charge on any atom is 0.230 e. The lowest BCUT2D eigenvalue weighted by Gasteiger charge is -2.47. The monoisotopic (exact) mass is 316 g/mol. The molecule has 3 nitrogen and oxygen atoms in total. The lowest BCUT2D eigenvalue weighted by atomic mass is 9.82. The van der Waals surface area contributed by atoms with Crippen molar-refractivity contribution in [3.05, 3.63) is 35.6 Å². The molecule has 2 aliphatic heterocycles. The number of benzene rings is 1. The number of carbonyl (C=O) groups excluding carboxylic acids is 1. The molecule has 1 aromatic carbocycles. The van der Waals surface area contributed by atoms with Crippen molar-refractivity contribution in [2.75, 3.05) is 7.05 Å². The summed E-state index contributed by atoms with van der Waals surface area (Å²) in [6.07, 6.45) is 7.72. The molecule has 1 aromatic rings. The maximum atomic E-state index is 13.1. The fraction of sp³-hybridized carbons (Fsp3) is 0.632. The predicted octanol–water partition coefficient (Wildman–Crippen LogP) is 2.99. The first-order valence-electron chi connectivity index (χ1n) is 8.87. The average molecular weight is 316 g/mol. The second-order valence-corrected chi connectivity index (χ2v) is 7.63. The van der Waals surface area contributed by atoms with Gasteiger partial charge in [0.1, 0.15) is 5.82 Å². The van der Waals surface area contributed by atoms with Gasteiger partial charge in [-0.25, -0.2) is 4.39 Å². The molecule has 0 radical (unpaired) electrons. The molecule has 2 saturated heterocycles. The topological polar surface area (TPSA) is 32.3 Å². The molecular formula is C19H25FN2O. The van der Waals surface area contributed by atoms with E-state index in [1.54, 1.807) is 12.1 Å². The van der Waals surface area contributed by atoms with Gasteiger partial charge in [-0.1, -0.05) is 18.6 Å². The molecule has 23 heavy (non-hydrogen) atoms. The van der Waals surface area contributed by atoms with Crippen LogP contribution in [0.25, 0.3) is 0 Å². The molecule has 3 aliphatic rings. The van der Waals surface area contributed by atoms with E-state index in [2.05, 4.69) is 17.3 Å². The molecule has 0 aromatic heterocycles. The second kappa shape index (κ2) is 5.59. The van der Waals surface area contributed by atoms with Crippen LogP contribution in [0.1, 0.15) is 50.5 Å². The van der Waals surface area contributed by atoms with E-state index in [9.17, 15) is 9.18 Å². The summed E-state index contributed by atoms with van der Waals surface area (Å²) in [5.41, 5.74) is 0.566. The molecule has 0 spiro atoms. The van der Waals surface area contributed by atoms with Crippen LogP contribution in [-0.4, -0.2) is 36.0 Å². The highest BCUT2D eigenvalue weighted by Crippen LogP contribution is 2.48. The van der Waals surface area contributed by atoms with E-state index in [4.69, 9.17) is 0 Å². The van der Waals surface area contributed by atoms with Crippen LogP contribution in [-0.2, 0) is 10.2 Å². The number of fused-ring (bicyclic) bond motifs is 2. The minimum absolute atomic E-state index is 0.150. The highest BCUT2D eigenvalue weighted by molar-refractivity contribution is 5.91. The van der Waals surface area contributed by atoms with Crippen molar-refractivity contribution in [3.63, 3.8) is 0 Å². The van der Waals surface area contributed by atoms with Crippen molar-refractivity contribution < 1.29 is 9.18 Å². The molecule has 3 fully saturated rings. The predicted molar refractivity (Wildman–Crippen MR) is 87.7 cm³/mol. The molecule has 2 bridgehead atoms. The van der Waals surface area contributed by atoms with Gasteiger partial charge in [0.2, 0.25) is 5.91 Å². The first-order valence-corrected chi connectivity index (χ1v) is 8.87. The van der Waals surface area contributed by atoms with Gasteiger partial charge >= 0.3 is 0 Å². The Kier molecular flexibility index (Phi) is 3.67. The van der Waals surface area contributed by atoms with Crippen molar-refractivity contribution in [2.45, 2.75) is 68.5 Å². The van der Waals surface area contributed by atoms with Crippen LogP contribution in [0.2, 0.25) is 0 Å². The number of halogens is 1. The molecule has 1 saturated carbocycles. The highest BCUT2D eigenvalue weighted by atomic mass is 19.1. The van der Waals surface area contributed by atoms with E-state index < -0.39 is 5.41 Å². The summed E-state index contributed by atoms with van der Waals surface area (Å²) < 4.78 is 13.1. The summed E-state index contributed by atoms with van der Waals surface area (Å²) in [7, 11) is 2.23. The van der Waals surface area contributed by atoms with Crippen LogP contribution in [0.15, 0.2) is 24.3 Å². The third kappa shape index (κ3) is 2.67. The molecular weight excluding hydrogens is 291 g/mol. The molecule has 2 unspecified atom stereocenters. The van der Waals surface area contributed by atoms with Crippen molar-refractivity contribution in [2.24, 2.45) is 0 Å². The molecule has 4 heteroatoms. The average Bonchev–Trinajstić information content (AvgIpc) is 3.31. The number of rotatable bonds is 3. The normalized spacial score (nSPS) is 32.3. The van der Waals surface area contributed by atoms with Crippen LogP contribution in [0.4, 0.5) is 4.39 Å². The number of piperidine rings is 2. The summed E-state index contributed by atoms with van der Waals surface area (Å²) >= 11 is 0. The molecule has 2 atom stereocenters. The van der Waals surface area contributed by atoms with E-state index in [0.29, 0.717) is 18.1 Å². The Balaban J connectivity index is 1.45. The zero-order valence-electron chi connectivity index (χ0n) is 13.7. The standard InChI is InChI=1S/C19H25FN2O/c1-22-16-3-2-4-17(22)12-15(11-16)21-18(23)19(9-10-19)13-5-7-14(20)8-6-13/h5-8,15-17H,2-4,9-12H2,1H3,(H,21,23). The summed E-state index contributed by atoms with van der Waals surface area (Å²) in [5, 5.41) is 3.32. The summed E-state index contributed by atoms with van der Waals surface area (Å²) in [4.78, 5) is 15.4. The van der Waals surface area contributed by atoms with Crippen molar-refractivity contribution in [1.29, 1.82) is 0 Å². The molecule has 124 valence electrons. The van der Waals surface area contributed by atoms with Gasteiger partial charge in [-0.2, -0.15) is 0 Å². The van der Waals surface area contributed by atoms with E-state index in [1.807, 2.05) is 0 Å². The zero-order chi connectivity index (χ0) is 16.0. The van der Waals surface area contributed by atoms with Crippen LogP contribution < -0.4 is 5.32 Å². The third-order valence-electron chi connectivity index (χ3n) is 6.26. The van der Waals surface area contributed by atoms with Gasteiger partial charge in [0.15, 0.2) is 0 Å². The number of hydrogen-bond acceptors (Lipinski definition) is 2. The Bertz CT molecular complexity index is 582. The van der Waals surface area contributed by atoms with Crippen LogP contribution in [0.5, 0.6) is 0 Å². The van der Waals surface area contributed by atoms with E-state index in [-0.39, 0.29) is 11.7 Å². The fourth-order valence-electron chi connectivity index (χ4n) is 4.60. The van der Waals surface area contributed by atoms with E-state index >= 15 is 0 Å². The number of amides is 1. The summed E-state index contributed by atoms with van der Waals surface area (Å²) in [6, 6.07) is 8.00. The molecule has 2 heterocycles. The van der Waals surface area contributed by atoms with Crippen LogP contribution in [0.3, 0.4) is 0 Å². The minimum Gasteiger partial charge on any atom is -0.352 e. The highest BCUT2D eigenvalue weighted by Gasteiger charge is 2.52. The zero-order valence-corrected chi connectivity index (χ0v) is 13.7. The molecule has 1 amide bonds. The molecule has 1 N–H and O–H groups in total. The van der Waals surface area contributed by atoms with E-state index in [0.717, 1.165) is 31.2 Å². The molecule has 4 rings (SSSR count). The Morgan fingerprint density at radius 1 is 1.17 bits per heavy atom. The number of nitrogens with zero attached hydrogens (tertiary/aromatic N) is 1. The fourth-order valence-corrected chi connectivity index (χ4v) is 4.60. The minimum atomic E-state index is -0.397. The number of carbonyl (C=O) groups is 1. The van der Waals surface area contributed by atoms with Gasteiger partial charge in [-0.05, 0) is 63.3 Å². The molecule has 1 aliphatic carbocycles. The lowest BCUT2D eigenvalue weighted by molar-refractivity contribution is -0.125. The van der Waals surface area contributed by atoms with Gasteiger partial charge < -0.3 is 10.2 Å². The van der Waals surface area contributed by atoms with Crippen molar-refractivity contribution >= 4 is 5.91 Å². The SMILES string of the molecule is CN1C2CCCC1CC(NC(=O)C1(c3ccc(F)cc3)CC1)C2. The third-order valence-corrected chi connectivity index (χ3v) is 6.26. The first kappa shape index (κ1) is 15.1. The van der Waals surface area contributed by atoms with Gasteiger partial charge in [0.25, 0.3) is 0 Å². The van der Waals surface area contributed by atoms with Gasteiger partial charge in [-0.15, -0.1) is 0 Å². The Labute approximate surface area is 137 Å². The van der Waals surface area contributed by atoms with Crippen LogP contribution >= 0.6 is 0 Å². The number of hydrogen-bond donors (Lipinski definition) is 1. The summed E-state index contributed by atoms with van der Waals surface area (Å²) in [6.45, 7) is 0. The van der Waals surface area contributed by atoms with Gasteiger partial charge in [-0.3, -0.25) is 4.79 Å². The largest absolute Gasteiger partial charge is 0.352 e. The smallest absolute Gasteiger partial charge is 0.230 e. The Hall–Kier alpha value is -1.42. The lowest BCUT2D eigenvalue weighted by Crippen LogP contribution is -2.56. The maximum absolute atomic E-state index is 13.1. The van der Waals surface area contributed by atoms with Crippen molar-refractivity contribution in [3.8, 4) is 0 Å². The van der Waals surface area contributed by atoms with Gasteiger partial charge in [0.05, 0.1) is 5.41 Å². The first-order chi connectivity index (χ1) is 11.1. The van der Waals surface area contributed by atoms with Gasteiger partial charge in [0, 0.05) is 18.1 Å². The van der Waals surface area contributed by atoms with Crippen molar-refractivity contribution in [1.82, 2.24) is 10.2 Å². The summed E-state index contributed by atoms with van der Waals surface area (Å²) in [5.74, 6) is -0.0927. The van der Waals surface area contributed by atoms with Crippen LogP contribution in [0, 0.1) is 5.82 Å². The quantitative estimate of drug-likeness (QED) is 0.930.